The highest BCUT2D eigenvalue weighted by Gasteiger charge is 2.12. The number of nitrogens with one attached hydrogen (secondary N) is 1. The van der Waals surface area contributed by atoms with Gasteiger partial charge in [0.25, 0.3) is 0 Å². The molecular formula is C16H31N3. The van der Waals surface area contributed by atoms with Gasteiger partial charge in [0.15, 0.2) is 0 Å². The number of nitrogens with zero attached hydrogens (tertiary/aromatic N) is 2. The summed E-state index contributed by atoms with van der Waals surface area (Å²) < 4.78 is 2.23. The van der Waals surface area contributed by atoms with E-state index in [0.29, 0.717) is 6.04 Å². The van der Waals surface area contributed by atoms with Crippen molar-refractivity contribution in [2.45, 2.75) is 78.8 Å². The van der Waals surface area contributed by atoms with Crippen LogP contribution in [0.15, 0.2) is 6.07 Å². The van der Waals surface area contributed by atoms with Gasteiger partial charge in [-0.2, -0.15) is 5.10 Å². The average Bonchev–Trinajstić information content (AvgIpc) is 2.76. The normalized spacial score (nSPS) is 13.8. The second kappa shape index (κ2) is 7.09. The molecule has 1 heterocycles. The number of aromatic nitrogens is 2. The van der Waals surface area contributed by atoms with Crippen LogP contribution in [0.2, 0.25) is 0 Å². The zero-order valence-electron chi connectivity index (χ0n) is 13.6. The molecule has 1 unspecified atom stereocenters. The van der Waals surface area contributed by atoms with Crippen molar-refractivity contribution in [2.24, 2.45) is 0 Å². The molecule has 1 rings (SSSR count). The molecule has 1 atom stereocenters. The average molecular weight is 265 g/mol. The molecule has 110 valence electrons. The van der Waals surface area contributed by atoms with Crippen molar-refractivity contribution < 1.29 is 0 Å². The van der Waals surface area contributed by atoms with Crippen LogP contribution in [-0.2, 0) is 12.8 Å². The van der Waals surface area contributed by atoms with Gasteiger partial charge in [0.2, 0.25) is 0 Å². The van der Waals surface area contributed by atoms with Crippen LogP contribution in [0.5, 0.6) is 0 Å². The van der Waals surface area contributed by atoms with Gasteiger partial charge in [0.1, 0.15) is 0 Å². The molecule has 1 aromatic heterocycles. The van der Waals surface area contributed by atoms with Gasteiger partial charge in [-0.1, -0.05) is 13.8 Å². The Hall–Kier alpha value is -0.830. The lowest BCUT2D eigenvalue weighted by Crippen LogP contribution is -2.36. The van der Waals surface area contributed by atoms with E-state index in [4.69, 9.17) is 5.10 Å². The van der Waals surface area contributed by atoms with Gasteiger partial charge in [0, 0.05) is 17.3 Å². The summed E-state index contributed by atoms with van der Waals surface area (Å²) in [4.78, 5) is 0. The van der Waals surface area contributed by atoms with E-state index in [9.17, 15) is 0 Å². The van der Waals surface area contributed by atoms with Crippen molar-refractivity contribution in [1.82, 2.24) is 15.1 Å². The molecule has 0 saturated heterocycles. The molecule has 0 bridgehead atoms. The quantitative estimate of drug-likeness (QED) is 0.761. The molecule has 0 aliphatic carbocycles. The van der Waals surface area contributed by atoms with Crippen LogP contribution in [0.25, 0.3) is 0 Å². The molecule has 0 aliphatic rings. The molecule has 0 spiro atoms. The molecule has 0 saturated carbocycles. The zero-order chi connectivity index (χ0) is 14.5. The second-order valence-corrected chi connectivity index (χ2v) is 6.45. The van der Waals surface area contributed by atoms with E-state index in [2.05, 4.69) is 57.6 Å². The standard InChI is InChI=1S/C16H31N3/c1-7-14-12-15(8-2)19(18-14)13(3)10-9-11-17-16(4,5)6/h12-13,17H,7-11H2,1-6H3. The fourth-order valence-electron chi connectivity index (χ4n) is 2.29. The van der Waals surface area contributed by atoms with Crippen LogP contribution in [0, 0.1) is 0 Å². The molecule has 19 heavy (non-hydrogen) atoms. The number of hydrogen-bond donors (Lipinski definition) is 1. The Kier molecular flexibility index (Phi) is 6.05. The van der Waals surface area contributed by atoms with E-state index in [1.807, 2.05) is 0 Å². The third-order valence-electron chi connectivity index (χ3n) is 3.46. The lowest BCUT2D eigenvalue weighted by molar-refractivity contribution is 0.385. The first kappa shape index (κ1) is 16.2. The summed E-state index contributed by atoms with van der Waals surface area (Å²) in [5.41, 5.74) is 2.81. The number of rotatable bonds is 7. The third kappa shape index (κ3) is 5.35. The molecule has 1 N–H and O–H groups in total. The van der Waals surface area contributed by atoms with E-state index >= 15 is 0 Å². The summed E-state index contributed by atoms with van der Waals surface area (Å²) in [5, 5.41) is 8.27. The summed E-state index contributed by atoms with van der Waals surface area (Å²) in [5.74, 6) is 0. The SMILES string of the molecule is CCc1cc(CC)n(C(C)CCCNC(C)(C)C)n1. The van der Waals surface area contributed by atoms with Crippen LogP contribution >= 0.6 is 0 Å². The van der Waals surface area contributed by atoms with Crippen molar-refractivity contribution in [2.75, 3.05) is 6.54 Å². The van der Waals surface area contributed by atoms with Gasteiger partial charge >= 0.3 is 0 Å². The van der Waals surface area contributed by atoms with Crippen LogP contribution in [0.1, 0.15) is 71.8 Å². The van der Waals surface area contributed by atoms with Gasteiger partial charge in [-0.3, -0.25) is 4.68 Å². The minimum atomic E-state index is 0.221. The highest BCUT2D eigenvalue weighted by Crippen LogP contribution is 2.17. The minimum absolute atomic E-state index is 0.221. The predicted molar refractivity (Wildman–Crippen MR) is 82.7 cm³/mol. The summed E-state index contributed by atoms with van der Waals surface area (Å²) >= 11 is 0. The van der Waals surface area contributed by atoms with E-state index in [0.717, 1.165) is 19.4 Å². The van der Waals surface area contributed by atoms with Crippen molar-refractivity contribution in [1.29, 1.82) is 0 Å². The predicted octanol–water partition coefficient (Wildman–Crippen LogP) is 3.74. The van der Waals surface area contributed by atoms with Crippen LogP contribution < -0.4 is 5.32 Å². The Morgan fingerprint density at radius 1 is 1.26 bits per heavy atom. The fourth-order valence-corrected chi connectivity index (χ4v) is 2.29. The summed E-state index contributed by atoms with van der Waals surface area (Å²) in [6, 6.07) is 2.75. The fraction of sp³-hybridized carbons (Fsp3) is 0.812. The molecule has 0 radical (unpaired) electrons. The van der Waals surface area contributed by atoms with Crippen molar-refractivity contribution in [3.05, 3.63) is 17.5 Å². The largest absolute Gasteiger partial charge is 0.312 e. The molecule has 3 heteroatoms. The van der Waals surface area contributed by atoms with E-state index in [1.165, 1.54) is 24.2 Å². The minimum Gasteiger partial charge on any atom is -0.312 e. The van der Waals surface area contributed by atoms with Crippen LogP contribution in [0.4, 0.5) is 0 Å². The molecule has 1 aromatic rings. The molecular weight excluding hydrogens is 234 g/mol. The Labute approximate surface area is 118 Å². The van der Waals surface area contributed by atoms with Gasteiger partial charge in [-0.05, 0) is 66.0 Å². The van der Waals surface area contributed by atoms with Crippen molar-refractivity contribution in [3.8, 4) is 0 Å². The summed E-state index contributed by atoms with van der Waals surface area (Å²) in [6.07, 6.45) is 4.47. The van der Waals surface area contributed by atoms with E-state index in [-0.39, 0.29) is 5.54 Å². The number of aryl methyl sites for hydroxylation is 2. The van der Waals surface area contributed by atoms with Crippen LogP contribution in [-0.4, -0.2) is 21.9 Å². The van der Waals surface area contributed by atoms with E-state index in [1.54, 1.807) is 0 Å². The van der Waals surface area contributed by atoms with Crippen molar-refractivity contribution in [3.63, 3.8) is 0 Å². The highest BCUT2D eigenvalue weighted by atomic mass is 15.3. The topological polar surface area (TPSA) is 29.9 Å². The van der Waals surface area contributed by atoms with Crippen LogP contribution in [0.3, 0.4) is 0 Å². The Morgan fingerprint density at radius 3 is 2.47 bits per heavy atom. The first-order valence-corrected chi connectivity index (χ1v) is 7.69. The lowest BCUT2D eigenvalue weighted by atomic mass is 10.1. The van der Waals surface area contributed by atoms with Gasteiger partial charge < -0.3 is 5.32 Å². The van der Waals surface area contributed by atoms with Gasteiger partial charge in [-0.25, -0.2) is 0 Å². The lowest BCUT2D eigenvalue weighted by Gasteiger charge is -2.21. The summed E-state index contributed by atoms with van der Waals surface area (Å²) in [6.45, 7) is 14.4. The molecule has 0 amide bonds. The Bertz CT molecular complexity index is 374. The molecule has 0 aromatic carbocycles. The first-order chi connectivity index (χ1) is 8.87. The molecule has 0 aliphatic heterocycles. The maximum absolute atomic E-state index is 4.72. The maximum Gasteiger partial charge on any atom is 0.0624 e. The third-order valence-corrected chi connectivity index (χ3v) is 3.46. The Morgan fingerprint density at radius 2 is 1.95 bits per heavy atom. The molecule has 3 nitrogen and oxygen atoms in total. The van der Waals surface area contributed by atoms with E-state index < -0.39 is 0 Å². The molecule has 0 fully saturated rings. The monoisotopic (exact) mass is 265 g/mol. The Balaban J connectivity index is 2.49. The summed E-state index contributed by atoms with van der Waals surface area (Å²) in [7, 11) is 0. The zero-order valence-corrected chi connectivity index (χ0v) is 13.6. The second-order valence-electron chi connectivity index (χ2n) is 6.45. The van der Waals surface area contributed by atoms with Gasteiger partial charge in [0.05, 0.1) is 5.69 Å². The first-order valence-electron chi connectivity index (χ1n) is 7.69. The van der Waals surface area contributed by atoms with Gasteiger partial charge in [-0.15, -0.1) is 0 Å². The number of hydrogen-bond acceptors (Lipinski definition) is 2. The smallest absolute Gasteiger partial charge is 0.0624 e. The maximum atomic E-state index is 4.72. The highest BCUT2D eigenvalue weighted by molar-refractivity contribution is 5.11. The van der Waals surface area contributed by atoms with Crippen molar-refractivity contribution >= 4 is 0 Å².